The second-order valence-corrected chi connectivity index (χ2v) is 8.79. The first-order valence-corrected chi connectivity index (χ1v) is 11.4. The number of amides is 1. The molecule has 1 aliphatic carbocycles. The number of nitrogens with one attached hydrogen (secondary N) is 2. The van der Waals surface area contributed by atoms with Gasteiger partial charge in [-0.3, -0.25) is 20.6 Å². The molecule has 1 saturated carbocycles. The number of hydrogen-bond acceptors (Lipinski definition) is 7. The SMILES string of the molecule is CN(CC1NNC2CCCCCC21)C(=O)c1cc(COc2cccc3cccnc23)on1. The van der Waals surface area contributed by atoms with Crippen LogP contribution in [0.25, 0.3) is 10.9 Å². The van der Waals surface area contributed by atoms with E-state index in [1.165, 1.54) is 32.1 Å². The Hall–Kier alpha value is -2.97. The summed E-state index contributed by atoms with van der Waals surface area (Å²) < 4.78 is 11.3. The summed E-state index contributed by atoms with van der Waals surface area (Å²) in [7, 11) is 1.82. The summed E-state index contributed by atoms with van der Waals surface area (Å²) in [6.07, 6.45) is 7.97. The van der Waals surface area contributed by atoms with E-state index in [1.54, 1.807) is 17.2 Å². The van der Waals surface area contributed by atoms with Crippen molar-refractivity contribution in [2.75, 3.05) is 13.6 Å². The van der Waals surface area contributed by atoms with Crippen molar-refractivity contribution in [3.05, 3.63) is 54.0 Å². The predicted molar refractivity (Wildman–Crippen MR) is 120 cm³/mol. The Morgan fingerprint density at radius 1 is 1.19 bits per heavy atom. The predicted octanol–water partition coefficient (Wildman–Crippen LogP) is 3.30. The van der Waals surface area contributed by atoms with E-state index in [4.69, 9.17) is 9.26 Å². The average Bonchev–Trinajstić information content (AvgIpc) is 3.37. The number of ether oxygens (including phenoxy) is 1. The molecule has 3 atom stereocenters. The zero-order valence-electron chi connectivity index (χ0n) is 18.3. The largest absolute Gasteiger partial charge is 0.483 e. The standard InChI is InChI=1S/C24H29N5O3/c1-29(14-21-18-9-3-2-4-10-19(18)26-27-21)24(30)20-13-17(32-28-20)15-31-22-11-5-7-16-8-6-12-25-23(16)22/h5-8,11-13,18-19,21,26-27H,2-4,9-10,14-15H2,1H3. The number of para-hydroxylation sites is 1. The third kappa shape index (κ3) is 4.33. The number of fused-ring (bicyclic) bond motifs is 2. The third-order valence-electron chi connectivity index (χ3n) is 6.60. The normalized spacial score (nSPS) is 23.0. The summed E-state index contributed by atoms with van der Waals surface area (Å²) in [5.74, 6) is 1.58. The minimum Gasteiger partial charge on any atom is -0.483 e. The third-order valence-corrected chi connectivity index (χ3v) is 6.60. The van der Waals surface area contributed by atoms with Crippen molar-refractivity contribution in [1.82, 2.24) is 25.9 Å². The minimum atomic E-state index is -0.148. The van der Waals surface area contributed by atoms with Crippen molar-refractivity contribution in [3.8, 4) is 5.75 Å². The molecule has 1 aliphatic heterocycles. The number of likely N-dealkylation sites (N-methyl/N-ethyl adjacent to an activating group) is 1. The fraction of sp³-hybridized carbons (Fsp3) is 0.458. The first-order valence-electron chi connectivity index (χ1n) is 11.4. The number of carbonyl (C=O) groups excluding carboxylic acids is 1. The summed E-state index contributed by atoms with van der Waals surface area (Å²) in [5, 5.41) is 4.99. The lowest BCUT2D eigenvalue weighted by Gasteiger charge is -2.25. The van der Waals surface area contributed by atoms with Gasteiger partial charge < -0.3 is 14.2 Å². The van der Waals surface area contributed by atoms with Gasteiger partial charge in [-0.1, -0.05) is 42.6 Å². The summed E-state index contributed by atoms with van der Waals surface area (Å²) in [4.78, 5) is 19.0. The summed E-state index contributed by atoms with van der Waals surface area (Å²) >= 11 is 0. The maximum Gasteiger partial charge on any atom is 0.275 e. The molecular formula is C24H29N5O3. The fourth-order valence-electron chi connectivity index (χ4n) is 4.90. The lowest BCUT2D eigenvalue weighted by molar-refractivity contribution is 0.0763. The molecule has 3 heterocycles. The molecule has 1 saturated heterocycles. The van der Waals surface area contributed by atoms with E-state index in [0.717, 1.165) is 10.9 Å². The zero-order chi connectivity index (χ0) is 21.9. The highest BCUT2D eigenvalue weighted by Gasteiger charge is 2.37. The van der Waals surface area contributed by atoms with Gasteiger partial charge in [-0.2, -0.15) is 0 Å². The van der Waals surface area contributed by atoms with Crippen LogP contribution in [0.15, 0.2) is 47.1 Å². The Balaban J connectivity index is 1.20. The summed E-state index contributed by atoms with van der Waals surface area (Å²) in [5.41, 5.74) is 7.93. The van der Waals surface area contributed by atoms with E-state index in [-0.39, 0.29) is 18.6 Å². The van der Waals surface area contributed by atoms with Gasteiger partial charge in [0.15, 0.2) is 11.5 Å². The topological polar surface area (TPSA) is 92.5 Å². The maximum atomic E-state index is 12.9. The smallest absolute Gasteiger partial charge is 0.275 e. The van der Waals surface area contributed by atoms with Crippen LogP contribution in [0, 0.1) is 5.92 Å². The summed E-state index contributed by atoms with van der Waals surface area (Å²) in [6, 6.07) is 12.1. The van der Waals surface area contributed by atoms with E-state index in [0.29, 0.717) is 35.7 Å². The molecule has 0 spiro atoms. The van der Waals surface area contributed by atoms with Gasteiger partial charge in [0, 0.05) is 43.3 Å². The van der Waals surface area contributed by atoms with E-state index in [1.807, 2.05) is 37.4 Å². The molecule has 0 bridgehead atoms. The molecule has 8 nitrogen and oxygen atoms in total. The van der Waals surface area contributed by atoms with Crippen LogP contribution in [0.2, 0.25) is 0 Å². The van der Waals surface area contributed by atoms with Gasteiger partial charge in [0.2, 0.25) is 0 Å². The van der Waals surface area contributed by atoms with Gasteiger partial charge in [0.25, 0.3) is 5.91 Å². The van der Waals surface area contributed by atoms with Crippen LogP contribution in [-0.4, -0.2) is 46.6 Å². The van der Waals surface area contributed by atoms with Crippen molar-refractivity contribution in [3.63, 3.8) is 0 Å². The van der Waals surface area contributed by atoms with Gasteiger partial charge in [-0.05, 0) is 30.9 Å². The number of hydrazine groups is 1. The number of benzene rings is 1. The van der Waals surface area contributed by atoms with Crippen LogP contribution >= 0.6 is 0 Å². The van der Waals surface area contributed by atoms with Crippen molar-refractivity contribution in [1.29, 1.82) is 0 Å². The Bertz CT molecular complexity index is 1080. The zero-order valence-corrected chi connectivity index (χ0v) is 18.3. The summed E-state index contributed by atoms with van der Waals surface area (Å²) in [6.45, 7) is 0.810. The quantitative estimate of drug-likeness (QED) is 0.614. The highest BCUT2D eigenvalue weighted by atomic mass is 16.5. The maximum absolute atomic E-state index is 12.9. The molecule has 32 heavy (non-hydrogen) atoms. The van der Waals surface area contributed by atoms with Crippen molar-refractivity contribution in [2.45, 2.75) is 50.8 Å². The monoisotopic (exact) mass is 435 g/mol. The molecule has 0 radical (unpaired) electrons. The molecule has 2 N–H and O–H groups in total. The number of aromatic nitrogens is 2. The van der Waals surface area contributed by atoms with E-state index in [9.17, 15) is 4.79 Å². The van der Waals surface area contributed by atoms with Gasteiger partial charge in [-0.25, -0.2) is 0 Å². The Labute approximate surface area is 187 Å². The molecule has 2 aromatic heterocycles. The molecule has 3 aromatic rings. The first kappa shape index (κ1) is 20.9. The number of carbonyl (C=O) groups is 1. The van der Waals surface area contributed by atoms with Crippen molar-refractivity contribution >= 4 is 16.8 Å². The number of pyridine rings is 1. The van der Waals surface area contributed by atoms with Crippen LogP contribution in [-0.2, 0) is 6.61 Å². The van der Waals surface area contributed by atoms with Crippen LogP contribution in [0.1, 0.15) is 48.4 Å². The highest BCUT2D eigenvalue weighted by molar-refractivity contribution is 5.92. The van der Waals surface area contributed by atoms with E-state index >= 15 is 0 Å². The molecule has 3 unspecified atom stereocenters. The van der Waals surface area contributed by atoms with Crippen molar-refractivity contribution in [2.24, 2.45) is 5.92 Å². The van der Waals surface area contributed by atoms with E-state index in [2.05, 4.69) is 21.0 Å². The number of hydrogen-bond donors (Lipinski definition) is 2. The minimum absolute atomic E-state index is 0.148. The lowest BCUT2D eigenvalue weighted by Crippen LogP contribution is -2.43. The molecular weight excluding hydrogens is 406 g/mol. The van der Waals surface area contributed by atoms with Gasteiger partial charge in [0.1, 0.15) is 17.9 Å². The van der Waals surface area contributed by atoms with Crippen LogP contribution in [0.5, 0.6) is 5.75 Å². The van der Waals surface area contributed by atoms with Gasteiger partial charge in [0.05, 0.1) is 0 Å². The second kappa shape index (κ2) is 9.26. The first-order chi connectivity index (χ1) is 15.7. The lowest BCUT2D eigenvalue weighted by atomic mass is 9.90. The Morgan fingerprint density at radius 2 is 2.06 bits per heavy atom. The number of rotatable bonds is 6. The molecule has 2 aliphatic rings. The molecule has 8 heteroatoms. The molecule has 5 rings (SSSR count). The Kier molecular flexibility index (Phi) is 6.05. The van der Waals surface area contributed by atoms with Crippen LogP contribution in [0.3, 0.4) is 0 Å². The van der Waals surface area contributed by atoms with Gasteiger partial charge >= 0.3 is 0 Å². The molecule has 1 amide bonds. The molecule has 2 fully saturated rings. The fourth-order valence-corrected chi connectivity index (χ4v) is 4.90. The van der Waals surface area contributed by atoms with Crippen molar-refractivity contribution < 1.29 is 14.1 Å². The highest BCUT2D eigenvalue weighted by Crippen LogP contribution is 2.29. The van der Waals surface area contributed by atoms with Gasteiger partial charge in [-0.15, -0.1) is 0 Å². The molecule has 168 valence electrons. The van der Waals surface area contributed by atoms with Crippen LogP contribution in [0.4, 0.5) is 0 Å². The average molecular weight is 436 g/mol. The van der Waals surface area contributed by atoms with Crippen LogP contribution < -0.4 is 15.6 Å². The Morgan fingerprint density at radius 3 is 3.00 bits per heavy atom. The second-order valence-electron chi connectivity index (χ2n) is 8.79. The molecule has 1 aromatic carbocycles. The number of nitrogens with zero attached hydrogens (tertiary/aromatic N) is 3. The van der Waals surface area contributed by atoms with E-state index < -0.39 is 0 Å².